The van der Waals surface area contributed by atoms with Gasteiger partial charge in [-0.05, 0) is 19.3 Å². The fraction of sp³-hybridized carbons (Fsp3) is 0.625. The highest BCUT2D eigenvalue weighted by Crippen LogP contribution is 2.08. The van der Waals surface area contributed by atoms with Gasteiger partial charge < -0.3 is 27.2 Å². The van der Waals surface area contributed by atoms with E-state index in [9.17, 15) is 4.79 Å². The van der Waals surface area contributed by atoms with Crippen molar-refractivity contribution in [2.24, 2.45) is 17.2 Å². The molecule has 17 heavy (non-hydrogen) atoms. The summed E-state index contributed by atoms with van der Waals surface area (Å²) >= 11 is 0. The van der Waals surface area contributed by atoms with Gasteiger partial charge in [-0.3, -0.25) is 16.6 Å². The van der Waals surface area contributed by atoms with Crippen molar-refractivity contribution in [3.63, 3.8) is 0 Å². The maximum atomic E-state index is 10.9. The van der Waals surface area contributed by atoms with Crippen LogP contribution in [0.2, 0.25) is 0 Å². The largest absolute Gasteiger partial charge is 0.478 e. The van der Waals surface area contributed by atoms with E-state index in [4.69, 9.17) is 33.1 Å². The lowest BCUT2D eigenvalue weighted by atomic mass is 10.0. The Morgan fingerprint density at radius 1 is 1.24 bits per heavy atom. The molecule has 0 aliphatic carbocycles. The van der Waals surface area contributed by atoms with Gasteiger partial charge in [0.05, 0.1) is 0 Å². The van der Waals surface area contributed by atoms with E-state index in [1.54, 1.807) is 0 Å². The van der Waals surface area contributed by atoms with E-state index in [-0.39, 0.29) is 12.4 Å². The summed E-state index contributed by atoms with van der Waals surface area (Å²) in [6.07, 6.45) is 1.20. The molecule has 0 aromatic carbocycles. The zero-order chi connectivity index (χ0) is 13.5. The van der Waals surface area contributed by atoms with Gasteiger partial charge in [-0.1, -0.05) is 0 Å². The monoisotopic (exact) mass is 245 g/mol. The van der Waals surface area contributed by atoms with Gasteiger partial charge in [0.15, 0.2) is 17.6 Å². The number of unbranched alkanes of at least 4 members (excludes halogenated alkanes) is 1. The Kier molecular flexibility index (Phi) is 5.75. The van der Waals surface area contributed by atoms with Crippen LogP contribution < -0.4 is 27.8 Å². The second kappa shape index (κ2) is 6.53. The molecule has 9 nitrogen and oxygen atoms in total. The van der Waals surface area contributed by atoms with Crippen molar-refractivity contribution in [1.82, 2.24) is 10.6 Å². The van der Waals surface area contributed by atoms with Crippen molar-refractivity contribution in [3.05, 3.63) is 0 Å². The minimum atomic E-state index is -1.73. The van der Waals surface area contributed by atoms with Gasteiger partial charge in [-0.25, -0.2) is 4.79 Å². The summed E-state index contributed by atoms with van der Waals surface area (Å²) < 4.78 is 0. The van der Waals surface area contributed by atoms with Gasteiger partial charge in [0, 0.05) is 6.54 Å². The first-order valence-corrected chi connectivity index (χ1v) is 5.00. The Hall–Kier alpha value is -2.03. The van der Waals surface area contributed by atoms with Gasteiger partial charge in [0.2, 0.25) is 0 Å². The highest BCUT2D eigenvalue weighted by molar-refractivity contribution is 5.85. The molecule has 0 aliphatic rings. The molecule has 0 bridgehead atoms. The highest BCUT2D eigenvalue weighted by Gasteiger charge is 2.33. The fourth-order valence-electron chi connectivity index (χ4n) is 1.22. The van der Waals surface area contributed by atoms with Crippen molar-refractivity contribution in [2.45, 2.75) is 24.9 Å². The maximum Gasteiger partial charge on any atom is 0.344 e. The molecule has 11 N–H and O–H groups in total. The molecular formula is C8H19N7O2. The first kappa shape index (κ1) is 15.0. The van der Waals surface area contributed by atoms with Gasteiger partial charge >= 0.3 is 5.97 Å². The smallest absolute Gasteiger partial charge is 0.344 e. The minimum Gasteiger partial charge on any atom is -0.478 e. The number of hydrogen-bond acceptors (Lipinski definition) is 4. The molecule has 98 valence electrons. The van der Waals surface area contributed by atoms with Crippen LogP contribution in [-0.2, 0) is 4.79 Å². The van der Waals surface area contributed by atoms with Crippen LogP contribution >= 0.6 is 0 Å². The van der Waals surface area contributed by atoms with Crippen molar-refractivity contribution >= 4 is 17.9 Å². The third-order valence-electron chi connectivity index (χ3n) is 2.05. The fourth-order valence-corrected chi connectivity index (χ4v) is 1.22. The van der Waals surface area contributed by atoms with Crippen molar-refractivity contribution in [2.75, 3.05) is 6.54 Å². The highest BCUT2D eigenvalue weighted by atomic mass is 16.4. The number of carbonyl (C=O) groups is 1. The Bertz CT molecular complexity index is 306. The van der Waals surface area contributed by atoms with Gasteiger partial charge in [-0.15, -0.1) is 0 Å². The van der Waals surface area contributed by atoms with Crippen molar-refractivity contribution < 1.29 is 9.90 Å². The molecular weight excluding hydrogens is 226 g/mol. The average Bonchev–Trinajstić information content (AvgIpc) is 2.15. The van der Waals surface area contributed by atoms with Crippen LogP contribution in [-0.4, -0.2) is 35.2 Å². The predicted molar refractivity (Wildman–Crippen MR) is 63.4 cm³/mol. The van der Waals surface area contributed by atoms with E-state index in [1.807, 2.05) is 0 Å². The normalized spacial score (nSPS) is 13.5. The predicted octanol–water partition coefficient (Wildman–Crippen LogP) is -2.14. The van der Waals surface area contributed by atoms with Crippen LogP contribution in [0.3, 0.4) is 0 Å². The molecule has 1 atom stereocenters. The first-order valence-electron chi connectivity index (χ1n) is 5.00. The summed E-state index contributed by atoms with van der Waals surface area (Å²) in [7, 11) is 0. The standard InChI is InChI=1S/C8H19N7O2/c9-6(10)14-4-2-1-3-8(13,5(16)17)15-7(11)12/h1-4,13H2,(H,16,17)(H4,9,10,14)(H4,11,12,15)/t8-/m1/s1. The van der Waals surface area contributed by atoms with Gasteiger partial charge in [0.25, 0.3) is 0 Å². The topological polar surface area (TPSA) is 187 Å². The second-order valence-electron chi connectivity index (χ2n) is 3.61. The van der Waals surface area contributed by atoms with Crippen LogP contribution in [0.1, 0.15) is 19.3 Å². The maximum absolute atomic E-state index is 10.9. The number of guanidine groups is 2. The number of carboxylic acid groups (broad SMARTS) is 1. The van der Waals surface area contributed by atoms with Crippen LogP contribution in [0.4, 0.5) is 0 Å². The van der Waals surface area contributed by atoms with Crippen LogP contribution in [0.5, 0.6) is 0 Å². The number of hydrogen-bond donors (Lipinski definition) is 8. The molecule has 0 rings (SSSR count). The molecule has 0 spiro atoms. The van der Waals surface area contributed by atoms with E-state index in [0.29, 0.717) is 19.4 Å². The summed E-state index contributed by atoms with van der Waals surface area (Å²) in [5.74, 6) is -1.90. The van der Waals surface area contributed by atoms with Crippen LogP contribution in [0, 0.1) is 10.8 Å². The molecule has 0 aromatic heterocycles. The van der Waals surface area contributed by atoms with E-state index >= 15 is 0 Å². The summed E-state index contributed by atoms with van der Waals surface area (Å²) in [5.41, 5.74) is 14.0. The molecule has 0 heterocycles. The second-order valence-corrected chi connectivity index (χ2v) is 3.61. The molecule has 9 heteroatoms. The lowest BCUT2D eigenvalue weighted by molar-refractivity contribution is -0.144. The molecule has 0 saturated carbocycles. The number of carboxylic acids is 1. The van der Waals surface area contributed by atoms with E-state index in [0.717, 1.165) is 0 Å². The number of aliphatic carboxylic acids is 1. The quantitative estimate of drug-likeness (QED) is 0.109. The Balaban J connectivity index is 4.06. The molecule has 0 radical (unpaired) electrons. The summed E-state index contributed by atoms with van der Waals surface area (Å²) in [6, 6.07) is 0. The number of nitrogens with two attached hydrogens (primary N) is 3. The minimum absolute atomic E-state index is 0.113. The number of rotatable bonds is 7. The summed E-state index contributed by atoms with van der Waals surface area (Å²) in [6.45, 7) is 0.463. The lowest BCUT2D eigenvalue weighted by Crippen LogP contribution is -2.62. The van der Waals surface area contributed by atoms with Crippen LogP contribution in [0.25, 0.3) is 0 Å². The molecule has 0 aliphatic heterocycles. The van der Waals surface area contributed by atoms with E-state index < -0.39 is 17.6 Å². The van der Waals surface area contributed by atoms with E-state index in [2.05, 4.69) is 10.6 Å². The molecule has 0 amide bonds. The van der Waals surface area contributed by atoms with Gasteiger partial charge in [0.1, 0.15) is 0 Å². The van der Waals surface area contributed by atoms with Gasteiger partial charge in [-0.2, -0.15) is 0 Å². The summed E-state index contributed by atoms with van der Waals surface area (Å²) in [4.78, 5) is 10.9. The molecule has 0 unspecified atom stereocenters. The third kappa shape index (κ3) is 6.20. The third-order valence-corrected chi connectivity index (χ3v) is 2.05. The van der Waals surface area contributed by atoms with Crippen molar-refractivity contribution in [3.8, 4) is 0 Å². The zero-order valence-corrected chi connectivity index (χ0v) is 9.42. The number of nitrogens with one attached hydrogen (secondary N) is 4. The first-order chi connectivity index (χ1) is 7.78. The Morgan fingerprint density at radius 2 is 1.82 bits per heavy atom. The zero-order valence-electron chi connectivity index (χ0n) is 9.42. The average molecular weight is 245 g/mol. The molecule has 0 fully saturated rings. The molecule has 0 aromatic rings. The molecule has 0 saturated heterocycles. The Morgan fingerprint density at radius 3 is 2.24 bits per heavy atom. The van der Waals surface area contributed by atoms with Crippen LogP contribution in [0.15, 0.2) is 0 Å². The Labute approximate surface area is 98.7 Å². The lowest BCUT2D eigenvalue weighted by Gasteiger charge is -2.26. The summed E-state index contributed by atoms with van der Waals surface area (Å²) in [5, 5.41) is 27.6. The SMILES string of the molecule is N=C(N)NCCCC[C@@](N)(NC(=N)N)C(=O)O. The van der Waals surface area contributed by atoms with Crippen molar-refractivity contribution in [1.29, 1.82) is 10.8 Å². The van der Waals surface area contributed by atoms with E-state index in [1.165, 1.54) is 0 Å².